The summed E-state index contributed by atoms with van der Waals surface area (Å²) in [6.45, 7) is 2.36. The molecule has 3 heterocycles. The zero-order chi connectivity index (χ0) is 21.6. The summed E-state index contributed by atoms with van der Waals surface area (Å²) in [5.41, 5.74) is 7.81. The summed E-state index contributed by atoms with van der Waals surface area (Å²) in [6, 6.07) is 13.5. The van der Waals surface area contributed by atoms with E-state index in [1.165, 1.54) is 12.1 Å². The first-order valence-corrected chi connectivity index (χ1v) is 9.68. The van der Waals surface area contributed by atoms with Crippen molar-refractivity contribution in [2.45, 2.75) is 19.5 Å². The molecule has 0 bridgehead atoms. The van der Waals surface area contributed by atoms with Crippen LogP contribution in [0.4, 0.5) is 27.8 Å². The number of nitrogen functional groups attached to an aromatic ring is 1. The van der Waals surface area contributed by atoms with E-state index in [4.69, 9.17) is 5.73 Å². The Morgan fingerprint density at radius 3 is 2.55 bits per heavy atom. The summed E-state index contributed by atoms with van der Waals surface area (Å²) in [7, 11) is 0. The Morgan fingerprint density at radius 1 is 1.00 bits per heavy atom. The third kappa shape index (κ3) is 5.08. The molecule has 1 atom stereocenters. The minimum atomic E-state index is -0.285. The Morgan fingerprint density at radius 2 is 1.84 bits per heavy atom. The topological polar surface area (TPSA) is 106 Å². The molecule has 0 unspecified atom stereocenters. The summed E-state index contributed by atoms with van der Waals surface area (Å²) >= 11 is 0. The van der Waals surface area contributed by atoms with Crippen molar-refractivity contribution in [3.05, 3.63) is 90.4 Å². The molecule has 0 spiro atoms. The highest BCUT2D eigenvalue weighted by Crippen LogP contribution is 2.26. The number of benzene rings is 1. The maximum Gasteiger partial charge on any atom is 0.227 e. The lowest BCUT2D eigenvalue weighted by atomic mass is 10.1. The van der Waals surface area contributed by atoms with Crippen LogP contribution in [0.2, 0.25) is 0 Å². The van der Waals surface area contributed by atoms with Gasteiger partial charge in [-0.3, -0.25) is 9.97 Å². The molecular weight excluding hydrogens is 395 g/mol. The third-order valence-corrected chi connectivity index (χ3v) is 4.60. The van der Waals surface area contributed by atoms with E-state index in [9.17, 15) is 4.39 Å². The van der Waals surface area contributed by atoms with E-state index in [2.05, 4.69) is 30.2 Å². The maximum absolute atomic E-state index is 13.2. The molecule has 4 aromatic rings. The van der Waals surface area contributed by atoms with Crippen molar-refractivity contribution in [1.82, 2.24) is 24.9 Å². The number of anilines is 4. The van der Waals surface area contributed by atoms with Crippen molar-refractivity contribution in [2.75, 3.05) is 16.0 Å². The lowest BCUT2D eigenvalue weighted by Gasteiger charge is -2.23. The van der Waals surface area contributed by atoms with Gasteiger partial charge in [-0.05, 0) is 36.8 Å². The summed E-state index contributed by atoms with van der Waals surface area (Å²) < 4.78 is 13.2. The molecule has 8 nitrogen and oxygen atoms in total. The summed E-state index contributed by atoms with van der Waals surface area (Å²) in [4.78, 5) is 23.8. The highest BCUT2D eigenvalue weighted by molar-refractivity contribution is 5.60. The number of nitrogens with two attached hydrogens (primary N) is 1. The molecule has 0 fully saturated rings. The van der Waals surface area contributed by atoms with Crippen LogP contribution in [0.5, 0.6) is 0 Å². The van der Waals surface area contributed by atoms with Gasteiger partial charge in [-0.2, -0.15) is 9.97 Å². The number of hydrogen-bond acceptors (Lipinski definition) is 8. The van der Waals surface area contributed by atoms with E-state index in [0.717, 1.165) is 11.3 Å². The Labute approximate surface area is 179 Å². The first kappa shape index (κ1) is 20.1. The molecule has 1 aromatic carbocycles. The molecule has 3 aromatic heterocycles. The monoisotopic (exact) mass is 416 g/mol. The predicted molar refractivity (Wildman–Crippen MR) is 117 cm³/mol. The van der Waals surface area contributed by atoms with Crippen LogP contribution in [0.3, 0.4) is 0 Å². The van der Waals surface area contributed by atoms with Crippen LogP contribution in [0, 0.1) is 5.82 Å². The molecule has 156 valence electrons. The van der Waals surface area contributed by atoms with Crippen LogP contribution in [0.25, 0.3) is 0 Å². The number of aromatic nitrogens is 5. The average Bonchev–Trinajstić information content (AvgIpc) is 2.79. The molecule has 0 saturated heterocycles. The minimum Gasteiger partial charge on any atom is -0.383 e. The van der Waals surface area contributed by atoms with Gasteiger partial charge in [-0.15, -0.1) is 0 Å². The van der Waals surface area contributed by atoms with Gasteiger partial charge in [0.2, 0.25) is 5.95 Å². The fourth-order valence-corrected chi connectivity index (χ4v) is 3.05. The van der Waals surface area contributed by atoms with Gasteiger partial charge in [-0.1, -0.05) is 18.2 Å². The lowest BCUT2D eigenvalue weighted by Crippen LogP contribution is -2.21. The zero-order valence-electron chi connectivity index (χ0n) is 16.9. The number of halogens is 1. The molecule has 0 aliphatic carbocycles. The van der Waals surface area contributed by atoms with Crippen molar-refractivity contribution in [3.63, 3.8) is 0 Å². The first-order valence-electron chi connectivity index (χ1n) is 9.68. The molecule has 31 heavy (non-hydrogen) atoms. The highest BCUT2D eigenvalue weighted by Gasteiger charge is 2.17. The summed E-state index contributed by atoms with van der Waals surface area (Å²) in [6.07, 6.45) is 6.60. The molecule has 3 N–H and O–H groups in total. The van der Waals surface area contributed by atoms with Crippen LogP contribution in [0.15, 0.2) is 73.3 Å². The average molecular weight is 416 g/mol. The maximum atomic E-state index is 13.2. The Balaban J connectivity index is 1.65. The molecule has 4 rings (SSSR count). The predicted octanol–water partition coefficient (Wildman–Crippen LogP) is 3.89. The van der Waals surface area contributed by atoms with Crippen molar-refractivity contribution < 1.29 is 4.39 Å². The van der Waals surface area contributed by atoms with Crippen LogP contribution in [-0.4, -0.2) is 24.9 Å². The van der Waals surface area contributed by atoms with Crippen LogP contribution in [-0.2, 0) is 6.54 Å². The van der Waals surface area contributed by atoms with E-state index < -0.39 is 0 Å². The molecule has 0 amide bonds. The van der Waals surface area contributed by atoms with Crippen molar-refractivity contribution in [1.29, 1.82) is 0 Å². The number of hydrogen-bond donors (Lipinski definition) is 2. The number of pyridine rings is 1. The fourth-order valence-electron chi connectivity index (χ4n) is 3.05. The summed E-state index contributed by atoms with van der Waals surface area (Å²) in [5.74, 6) is 1.51. The van der Waals surface area contributed by atoms with Gasteiger partial charge >= 0.3 is 0 Å². The Kier molecular flexibility index (Phi) is 5.93. The van der Waals surface area contributed by atoms with E-state index in [1.54, 1.807) is 43.0 Å². The van der Waals surface area contributed by atoms with Gasteiger partial charge in [0.05, 0.1) is 24.5 Å². The fraction of sp³-hybridized carbons (Fsp3) is 0.136. The van der Waals surface area contributed by atoms with Gasteiger partial charge in [-0.25, -0.2) is 9.37 Å². The third-order valence-electron chi connectivity index (χ3n) is 4.60. The molecule has 0 radical (unpaired) electrons. The van der Waals surface area contributed by atoms with E-state index in [1.807, 2.05) is 30.0 Å². The smallest absolute Gasteiger partial charge is 0.227 e. The summed E-state index contributed by atoms with van der Waals surface area (Å²) in [5, 5.41) is 3.23. The SMILES string of the molecule is C[C@H](Nc1nc(N)cc(N(Cc2ccccn2)c2cnccn2)n1)c1ccc(F)cc1. The molecule has 0 saturated carbocycles. The van der Waals surface area contributed by atoms with Crippen LogP contribution >= 0.6 is 0 Å². The molecular formula is C22H21FN8. The van der Waals surface area contributed by atoms with Crippen molar-refractivity contribution in [3.8, 4) is 0 Å². The van der Waals surface area contributed by atoms with Gasteiger partial charge in [0.25, 0.3) is 0 Å². The van der Waals surface area contributed by atoms with Crippen molar-refractivity contribution >= 4 is 23.4 Å². The largest absolute Gasteiger partial charge is 0.383 e. The van der Waals surface area contributed by atoms with Crippen LogP contribution in [0.1, 0.15) is 24.2 Å². The molecule has 0 aliphatic heterocycles. The second kappa shape index (κ2) is 9.12. The zero-order valence-corrected chi connectivity index (χ0v) is 16.9. The minimum absolute atomic E-state index is 0.156. The van der Waals surface area contributed by atoms with Gasteiger partial charge < -0.3 is 16.0 Å². The van der Waals surface area contributed by atoms with E-state index in [-0.39, 0.29) is 11.9 Å². The number of nitrogens with one attached hydrogen (secondary N) is 1. The first-order chi connectivity index (χ1) is 15.1. The van der Waals surface area contributed by atoms with Crippen molar-refractivity contribution in [2.24, 2.45) is 0 Å². The van der Waals surface area contributed by atoms with E-state index >= 15 is 0 Å². The normalized spacial score (nSPS) is 11.7. The van der Waals surface area contributed by atoms with Crippen LogP contribution < -0.4 is 16.0 Å². The standard InChI is InChI=1S/C22H21FN8/c1-15(16-5-7-17(23)8-6-16)28-22-29-19(24)12-20(30-22)31(21-13-25-10-11-27-21)14-18-4-2-3-9-26-18/h2-13,15H,14H2,1H3,(H3,24,28,29,30)/t15-/m0/s1. The second-order valence-corrected chi connectivity index (χ2v) is 6.86. The highest BCUT2D eigenvalue weighted by atomic mass is 19.1. The second-order valence-electron chi connectivity index (χ2n) is 6.86. The Hall–Kier alpha value is -4.14. The molecule has 9 heteroatoms. The van der Waals surface area contributed by atoms with Gasteiger partial charge in [0.15, 0.2) is 5.82 Å². The molecule has 0 aliphatic rings. The van der Waals surface area contributed by atoms with Gasteiger partial charge in [0, 0.05) is 24.7 Å². The quantitative estimate of drug-likeness (QED) is 0.467. The number of rotatable bonds is 7. The van der Waals surface area contributed by atoms with Gasteiger partial charge in [0.1, 0.15) is 17.5 Å². The number of nitrogens with zero attached hydrogens (tertiary/aromatic N) is 6. The lowest BCUT2D eigenvalue weighted by molar-refractivity contribution is 0.626. The Bertz CT molecular complexity index is 1120. The van der Waals surface area contributed by atoms with E-state index in [0.29, 0.717) is 29.9 Å².